The first-order valence-electron chi connectivity index (χ1n) is 18.2. The van der Waals surface area contributed by atoms with Crippen LogP contribution in [0.2, 0.25) is 0 Å². The number of aliphatic carboxylic acids is 1. The fraction of sp³-hybridized carbons (Fsp3) is 0.892. The number of carbonyl (C=O) groups excluding carboxylic acids is 1. The molecule has 0 aromatic carbocycles. The van der Waals surface area contributed by atoms with Gasteiger partial charge in [-0.25, -0.2) is 0 Å². The Morgan fingerprint density at radius 2 is 0.927 bits per heavy atom. The van der Waals surface area contributed by atoms with Gasteiger partial charge in [0.15, 0.2) is 0 Å². The molecule has 0 spiro atoms. The van der Waals surface area contributed by atoms with Crippen LogP contribution in [0.15, 0.2) is 12.2 Å². The monoisotopic (exact) mass is 579 g/mol. The zero-order chi connectivity index (χ0) is 30.1. The van der Waals surface area contributed by atoms with E-state index in [2.05, 4.69) is 26.0 Å². The topological polar surface area (TPSA) is 63.6 Å². The van der Waals surface area contributed by atoms with Crippen molar-refractivity contribution in [1.82, 2.24) is 0 Å². The van der Waals surface area contributed by atoms with Gasteiger partial charge in [0.05, 0.1) is 0 Å². The second-order valence-electron chi connectivity index (χ2n) is 12.4. The number of hydrogen-bond acceptors (Lipinski definition) is 3. The number of carbonyl (C=O) groups is 2. The number of rotatable bonds is 33. The molecule has 0 radical (unpaired) electrons. The Morgan fingerprint density at radius 1 is 0.537 bits per heavy atom. The minimum absolute atomic E-state index is 0.00700. The lowest BCUT2D eigenvalue weighted by atomic mass is 10.0. The molecule has 0 aliphatic carbocycles. The van der Waals surface area contributed by atoms with Gasteiger partial charge in [-0.3, -0.25) is 9.59 Å². The Labute approximate surface area is 255 Å². The standard InChI is InChI=1S/C37H70O4/c1-3-5-6-7-8-9-10-11-12-13-14-15-19-22-25-28-31-34-37(40)41-35(4-2)32-29-26-23-20-17-16-18-21-24-27-30-33-36(38)39/h11-12,35H,3-10,13-34H2,1-2H3,(H,38,39)/b12-11-. The molecule has 4 nitrogen and oxygen atoms in total. The summed E-state index contributed by atoms with van der Waals surface area (Å²) in [6.07, 6.45) is 40.3. The predicted octanol–water partition coefficient (Wildman–Crippen LogP) is 12.3. The molecule has 0 aromatic heterocycles. The van der Waals surface area contributed by atoms with Gasteiger partial charge in [0.25, 0.3) is 0 Å². The smallest absolute Gasteiger partial charge is 0.306 e. The van der Waals surface area contributed by atoms with Crippen molar-refractivity contribution < 1.29 is 19.4 Å². The summed E-state index contributed by atoms with van der Waals surface area (Å²) < 4.78 is 5.76. The highest BCUT2D eigenvalue weighted by atomic mass is 16.5. The molecule has 0 rings (SSSR count). The normalized spacial score (nSPS) is 12.2. The van der Waals surface area contributed by atoms with Gasteiger partial charge in [0, 0.05) is 12.8 Å². The Morgan fingerprint density at radius 3 is 1.37 bits per heavy atom. The van der Waals surface area contributed by atoms with Crippen LogP contribution >= 0.6 is 0 Å². The van der Waals surface area contributed by atoms with Crippen LogP contribution in [-0.2, 0) is 14.3 Å². The SMILES string of the molecule is CCCCCCCC/C=C\CCCCCCCCCC(=O)OC(CC)CCCCCCCCCCCCCC(=O)O. The van der Waals surface area contributed by atoms with E-state index in [0.717, 1.165) is 44.9 Å². The minimum Gasteiger partial charge on any atom is -0.481 e. The number of ether oxygens (including phenoxy) is 1. The number of carboxylic acids is 1. The van der Waals surface area contributed by atoms with E-state index in [0.29, 0.717) is 12.8 Å². The van der Waals surface area contributed by atoms with Crippen LogP contribution in [0, 0.1) is 0 Å². The molecule has 0 aliphatic rings. The van der Waals surface area contributed by atoms with Crippen molar-refractivity contribution in [2.24, 2.45) is 0 Å². The van der Waals surface area contributed by atoms with E-state index in [1.807, 2.05) is 0 Å². The van der Waals surface area contributed by atoms with Crippen LogP contribution in [0.3, 0.4) is 0 Å². The molecule has 41 heavy (non-hydrogen) atoms. The van der Waals surface area contributed by atoms with Crippen molar-refractivity contribution in [2.75, 3.05) is 0 Å². The summed E-state index contributed by atoms with van der Waals surface area (Å²) in [5.41, 5.74) is 0. The lowest BCUT2D eigenvalue weighted by molar-refractivity contribution is -0.149. The Bertz CT molecular complexity index is 585. The second-order valence-corrected chi connectivity index (χ2v) is 12.4. The van der Waals surface area contributed by atoms with Crippen molar-refractivity contribution in [2.45, 2.75) is 213 Å². The van der Waals surface area contributed by atoms with Gasteiger partial charge in [-0.2, -0.15) is 0 Å². The van der Waals surface area contributed by atoms with Crippen molar-refractivity contribution >= 4 is 11.9 Å². The Hall–Kier alpha value is -1.32. The van der Waals surface area contributed by atoms with Crippen LogP contribution in [0.4, 0.5) is 0 Å². The Kier molecular flexibility index (Phi) is 32.1. The largest absolute Gasteiger partial charge is 0.481 e. The highest BCUT2D eigenvalue weighted by Gasteiger charge is 2.12. The van der Waals surface area contributed by atoms with Crippen molar-refractivity contribution in [3.05, 3.63) is 12.2 Å². The average Bonchev–Trinajstić information content (AvgIpc) is 2.96. The molecule has 1 N–H and O–H groups in total. The van der Waals surface area contributed by atoms with Gasteiger partial charge in [0.1, 0.15) is 6.10 Å². The zero-order valence-electron chi connectivity index (χ0n) is 27.6. The summed E-state index contributed by atoms with van der Waals surface area (Å²) in [4.78, 5) is 22.8. The van der Waals surface area contributed by atoms with Crippen molar-refractivity contribution in [3.63, 3.8) is 0 Å². The lowest BCUT2D eigenvalue weighted by Gasteiger charge is -2.16. The summed E-state index contributed by atoms with van der Waals surface area (Å²) in [5, 5.41) is 8.65. The fourth-order valence-corrected chi connectivity index (χ4v) is 5.52. The van der Waals surface area contributed by atoms with Gasteiger partial charge in [-0.15, -0.1) is 0 Å². The zero-order valence-corrected chi connectivity index (χ0v) is 27.6. The summed E-state index contributed by atoms with van der Waals surface area (Å²) in [5.74, 6) is -0.666. The predicted molar refractivity (Wildman–Crippen MR) is 177 cm³/mol. The van der Waals surface area contributed by atoms with E-state index < -0.39 is 5.97 Å². The van der Waals surface area contributed by atoms with E-state index in [9.17, 15) is 9.59 Å². The number of unbranched alkanes of at least 4 members (excludes halogenated alkanes) is 23. The third-order valence-electron chi connectivity index (χ3n) is 8.31. The third-order valence-corrected chi connectivity index (χ3v) is 8.31. The third kappa shape index (κ3) is 33.1. The van der Waals surface area contributed by atoms with Crippen molar-refractivity contribution in [3.8, 4) is 0 Å². The van der Waals surface area contributed by atoms with Crippen LogP contribution < -0.4 is 0 Å². The fourth-order valence-electron chi connectivity index (χ4n) is 5.52. The van der Waals surface area contributed by atoms with E-state index in [1.54, 1.807) is 0 Å². The molecule has 0 amide bonds. The molecule has 0 aliphatic heterocycles. The highest BCUT2D eigenvalue weighted by Crippen LogP contribution is 2.16. The lowest BCUT2D eigenvalue weighted by Crippen LogP contribution is -2.17. The average molecular weight is 579 g/mol. The van der Waals surface area contributed by atoms with Gasteiger partial charge >= 0.3 is 11.9 Å². The maximum Gasteiger partial charge on any atom is 0.306 e. The summed E-state index contributed by atoms with van der Waals surface area (Å²) in [6, 6.07) is 0. The molecular formula is C37H70O4. The van der Waals surface area contributed by atoms with Gasteiger partial charge in [-0.05, 0) is 57.8 Å². The summed E-state index contributed by atoms with van der Waals surface area (Å²) >= 11 is 0. The maximum atomic E-state index is 12.3. The first-order chi connectivity index (χ1) is 20.1. The molecule has 0 saturated carbocycles. The second kappa shape index (κ2) is 33.2. The highest BCUT2D eigenvalue weighted by molar-refractivity contribution is 5.69. The van der Waals surface area contributed by atoms with E-state index >= 15 is 0 Å². The van der Waals surface area contributed by atoms with E-state index in [4.69, 9.17) is 9.84 Å². The van der Waals surface area contributed by atoms with Crippen LogP contribution in [0.25, 0.3) is 0 Å². The molecule has 4 heteroatoms. The van der Waals surface area contributed by atoms with E-state index in [1.165, 1.54) is 135 Å². The molecule has 1 atom stereocenters. The number of carboxylic acid groups (broad SMARTS) is 1. The van der Waals surface area contributed by atoms with E-state index in [-0.39, 0.29) is 12.1 Å². The maximum absolute atomic E-state index is 12.3. The molecule has 0 heterocycles. The first kappa shape index (κ1) is 39.7. The van der Waals surface area contributed by atoms with Gasteiger partial charge < -0.3 is 9.84 Å². The number of allylic oxidation sites excluding steroid dienone is 2. The molecule has 242 valence electrons. The van der Waals surface area contributed by atoms with Crippen LogP contribution in [0.1, 0.15) is 206 Å². The number of hydrogen-bond donors (Lipinski definition) is 1. The van der Waals surface area contributed by atoms with Crippen molar-refractivity contribution in [1.29, 1.82) is 0 Å². The quantitative estimate of drug-likeness (QED) is 0.0478. The molecule has 0 fully saturated rings. The van der Waals surface area contributed by atoms with Gasteiger partial charge in [0.2, 0.25) is 0 Å². The minimum atomic E-state index is -0.673. The molecule has 0 saturated heterocycles. The van der Waals surface area contributed by atoms with Crippen LogP contribution in [-0.4, -0.2) is 23.1 Å². The van der Waals surface area contributed by atoms with Crippen LogP contribution in [0.5, 0.6) is 0 Å². The molecule has 0 bridgehead atoms. The summed E-state index contributed by atoms with van der Waals surface area (Å²) in [6.45, 7) is 4.41. The molecule has 1 unspecified atom stereocenters. The molecule has 0 aromatic rings. The Balaban J connectivity index is 3.43. The first-order valence-corrected chi connectivity index (χ1v) is 18.2. The van der Waals surface area contributed by atoms with Gasteiger partial charge in [-0.1, -0.05) is 148 Å². The molecular weight excluding hydrogens is 508 g/mol. The summed E-state index contributed by atoms with van der Waals surface area (Å²) in [7, 11) is 0. The number of esters is 1.